The first-order valence-corrected chi connectivity index (χ1v) is 12.8. The Morgan fingerprint density at radius 2 is 1.70 bits per heavy atom. The Hall–Kier alpha value is -1.82. The molecule has 2 aliphatic rings. The van der Waals surface area contributed by atoms with Crippen LogP contribution in [-0.2, 0) is 9.59 Å². The van der Waals surface area contributed by atoms with Gasteiger partial charge in [0.25, 0.3) is 0 Å². The molecule has 2 heterocycles. The van der Waals surface area contributed by atoms with Crippen LogP contribution >= 0.6 is 0 Å². The number of carbonyl (C=O) groups excluding carboxylic acids is 2. The summed E-state index contributed by atoms with van der Waals surface area (Å²) in [7, 11) is 2.01. The Kier molecular flexibility index (Phi) is 10.0. The van der Waals surface area contributed by atoms with Crippen molar-refractivity contribution >= 4 is 11.8 Å². The van der Waals surface area contributed by atoms with Crippen molar-refractivity contribution in [1.29, 1.82) is 0 Å². The van der Waals surface area contributed by atoms with Gasteiger partial charge in [0, 0.05) is 38.4 Å². The van der Waals surface area contributed by atoms with Crippen molar-refractivity contribution in [2.24, 2.45) is 11.3 Å². The van der Waals surface area contributed by atoms with Gasteiger partial charge in [-0.15, -0.1) is 0 Å². The summed E-state index contributed by atoms with van der Waals surface area (Å²) in [5, 5.41) is 3.34. The van der Waals surface area contributed by atoms with Gasteiger partial charge in [-0.25, -0.2) is 0 Å². The van der Waals surface area contributed by atoms with E-state index in [4.69, 9.17) is 0 Å². The minimum atomic E-state index is -0.166. The number of carbonyl (C=O) groups is 2. The van der Waals surface area contributed by atoms with Crippen LogP contribution in [0.15, 0.2) is 24.4 Å². The Bertz CT molecular complexity index is 703. The lowest BCUT2D eigenvalue weighted by atomic mass is 9.84. The molecule has 6 heteroatoms. The Balaban J connectivity index is 1.99. The van der Waals surface area contributed by atoms with Crippen LogP contribution in [0, 0.1) is 11.3 Å². The van der Waals surface area contributed by atoms with Crippen molar-refractivity contribution in [3.8, 4) is 0 Å². The van der Waals surface area contributed by atoms with E-state index >= 15 is 0 Å². The van der Waals surface area contributed by atoms with E-state index in [-0.39, 0.29) is 35.2 Å². The number of hydrogen-bond acceptors (Lipinski definition) is 4. The normalized spacial score (nSPS) is 21.9. The van der Waals surface area contributed by atoms with Gasteiger partial charge in [-0.05, 0) is 51.5 Å². The molecule has 3 atom stereocenters. The third kappa shape index (κ3) is 7.59. The molecule has 2 saturated heterocycles. The Morgan fingerprint density at radius 1 is 1.09 bits per heavy atom. The molecule has 0 aromatic heterocycles. The van der Waals surface area contributed by atoms with E-state index < -0.39 is 0 Å². The zero-order chi connectivity index (χ0) is 24.8. The number of piperidine rings is 1. The minimum Gasteiger partial charge on any atom is -0.373 e. The van der Waals surface area contributed by atoms with E-state index in [9.17, 15) is 9.59 Å². The van der Waals surface area contributed by atoms with Gasteiger partial charge in [0.05, 0.1) is 18.0 Å². The third-order valence-corrected chi connectivity index (χ3v) is 7.10. The van der Waals surface area contributed by atoms with E-state index in [1.54, 1.807) is 0 Å². The first-order chi connectivity index (χ1) is 15.4. The molecule has 0 saturated carbocycles. The van der Waals surface area contributed by atoms with Gasteiger partial charge < -0.3 is 15.1 Å². The van der Waals surface area contributed by atoms with Crippen molar-refractivity contribution in [3.05, 3.63) is 24.4 Å². The van der Waals surface area contributed by atoms with Crippen LogP contribution in [0.25, 0.3) is 0 Å². The lowest BCUT2D eigenvalue weighted by Crippen LogP contribution is -2.57. The van der Waals surface area contributed by atoms with Crippen molar-refractivity contribution in [1.82, 2.24) is 20.0 Å². The van der Waals surface area contributed by atoms with Gasteiger partial charge in [-0.1, -0.05) is 52.8 Å². The monoisotopic (exact) mass is 460 g/mol. The molecule has 3 unspecified atom stereocenters. The molecule has 2 amide bonds. The maximum absolute atomic E-state index is 13.3. The zero-order valence-electron chi connectivity index (χ0n) is 22.2. The second-order valence-electron chi connectivity index (χ2n) is 11.3. The molecule has 0 aromatic carbocycles. The number of nitrogens with zero attached hydrogens (tertiary/aromatic N) is 3. The third-order valence-electron chi connectivity index (χ3n) is 7.10. The fraction of sp³-hybridized carbons (Fsp3) is 0.778. The number of hydrogen-bond donors (Lipinski definition) is 1. The second-order valence-corrected chi connectivity index (χ2v) is 11.3. The van der Waals surface area contributed by atoms with Gasteiger partial charge >= 0.3 is 0 Å². The van der Waals surface area contributed by atoms with Crippen molar-refractivity contribution in [3.63, 3.8) is 0 Å². The standard InChI is InChI=1S/C27H48N4O2/c1-20(2)31-19-10-9-15-23(31)25(32)28-24(27(5,6)7)22(4)29(8)16-13-14-21(3)26(33)30-17-11-12-18-30/h13-14,20-21,23-24H,4,9-12,15-19H2,1-3,5-8H3,(H,28,32). The highest BCUT2D eigenvalue weighted by Gasteiger charge is 2.35. The summed E-state index contributed by atoms with van der Waals surface area (Å²) in [6.45, 7) is 20.5. The van der Waals surface area contributed by atoms with Crippen molar-refractivity contribution < 1.29 is 9.59 Å². The lowest BCUT2D eigenvalue weighted by Gasteiger charge is -2.41. The minimum absolute atomic E-state index is 0.0703. The maximum Gasteiger partial charge on any atom is 0.237 e. The quantitative estimate of drug-likeness (QED) is 0.528. The summed E-state index contributed by atoms with van der Waals surface area (Å²) >= 11 is 0. The number of likely N-dealkylation sites (tertiary alicyclic amines) is 2. The highest BCUT2D eigenvalue weighted by Crippen LogP contribution is 2.27. The fourth-order valence-corrected chi connectivity index (χ4v) is 4.96. The van der Waals surface area contributed by atoms with Gasteiger partial charge in [0.1, 0.15) is 0 Å². The largest absolute Gasteiger partial charge is 0.373 e. The first kappa shape index (κ1) is 27.4. The number of rotatable bonds is 9. The summed E-state index contributed by atoms with van der Waals surface area (Å²) in [6, 6.07) is 0.123. The molecule has 6 nitrogen and oxygen atoms in total. The maximum atomic E-state index is 13.3. The summed E-state index contributed by atoms with van der Waals surface area (Å²) < 4.78 is 0. The number of nitrogens with one attached hydrogen (secondary N) is 1. The van der Waals surface area contributed by atoms with Crippen LogP contribution in [0.5, 0.6) is 0 Å². The first-order valence-electron chi connectivity index (χ1n) is 12.8. The molecule has 2 fully saturated rings. The molecule has 0 bridgehead atoms. The summed E-state index contributed by atoms with van der Waals surface area (Å²) in [6.07, 6.45) is 9.44. The van der Waals surface area contributed by atoms with Crippen LogP contribution < -0.4 is 5.32 Å². The lowest BCUT2D eigenvalue weighted by molar-refractivity contribution is -0.132. The molecule has 33 heavy (non-hydrogen) atoms. The molecular weight excluding hydrogens is 412 g/mol. The van der Waals surface area contributed by atoms with Gasteiger partial charge in [0.2, 0.25) is 11.8 Å². The fourth-order valence-electron chi connectivity index (χ4n) is 4.96. The van der Waals surface area contributed by atoms with E-state index in [0.717, 1.165) is 57.4 Å². The average molecular weight is 461 g/mol. The van der Waals surface area contributed by atoms with Crippen LogP contribution in [0.1, 0.15) is 73.6 Å². The molecule has 0 radical (unpaired) electrons. The summed E-state index contributed by atoms with van der Waals surface area (Å²) in [4.78, 5) is 32.2. The summed E-state index contributed by atoms with van der Waals surface area (Å²) in [5.74, 6) is 0.210. The molecule has 2 rings (SSSR count). The Labute approximate surface area is 202 Å². The molecule has 2 aliphatic heterocycles. The number of amides is 2. The average Bonchev–Trinajstić information content (AvgIpc) is 3.30. The molecule has 188 valence electrons. The van der Waals surface area contributed by atoms with E-state index in [1.165, 1.54) is 0 Å². The van der Waals surface area contributed by atoms with Crippen LogP contribution in [0.4, 0.5) is 0 Å². The van der Waals surface area contributed by atoms with Gasteiger partial charge in [-0.3, -0.25) is 14.5 Å². The second kappa shape index (κ2) is 12.0. The van der Waals surface area contributed by atoms with Crippen molar-refractivity contribution in [2.45, 2.75) is 91.8 Å². The molecule has 1 N–H and O–H groups in total. The highest BCUT2D eigenvalue weighted by molar-refractivity contribution is 5.82. The molecule has 0 aliphatic carbocycles. The number of likely N-dealkylation sites (N-methyl/N-ethyl adjacent to an activating group) is 1. The van der Waals surface area contributed by atoms with Gasteiger partial charge in [-0.2, -0.15) is 0 Å². The van der Waals surface area contributed by atoms with E-state index in [1.807, 2.05) is 31.0 Å². The molecule has 0 aromatic rings. The van der Waals surface area contributed by atoms with E-state index in [0.29, 0.717) is 12.6 Å². The summed E-state index contributed by atoms with van der Waals surface area (Å²) in [5.41, 5.74) is 0.729. The van der Waals surface area contributed by atoms with Crippen LogP contribution in [0.2, 0.25) is 0 Å². The van der Waals surface area contributed by atoms with Crippen molar-refractivity contribution in [2.75, 3.05) is 33.2 Å². The SMILES string of the molecule is C=C(C(NC(=O)C1CCCCN1C(C)C)C(C)(C)C)N(C)CC=CC(C)C(=O)N1CCCC1. The zero-order valence-corrected chi connectivity index (χ0v) is 22.2. The van der Waals surface area contributed by atoms with E-state index in [2.05, 4.69) is 56.3 Å². The van der Waals surface area contributed by atoms with Gasteiger partial charge in [0.15, 0.2) is 0 Å². The predicted molar refractivity (Wildman–Crippen MR) is 137 cm³/mol. The highest BCUT2D eigenvalue weighted by atomic mass is 16.2. The van der Waals surface area contributed by atoms with Crippen LogP contribution in [-0.4, -0.2) is 77.9 Å². The Morgan fingerprint density at radius 3 is 2.27 bits per heavy atom. The van der Waals surface area contributed by atoms with Crippen LogP contribution in [0.3, 0.4) is 0 Å². The topological polar surface area (TPSA) is 55.9 Å². The predicted octanol–water partition coefficient (Wildman–Crippen LogP) is 4.04. The molecular formula is C27H48N4O2. The smallest absolute Gasteiger partial charge is 0.237 e. The molecule has 0 spiro atoms.